The first-order valence-electron chi connectivity index (χ1n) is 6.76. The minimum Gasteiger partial charge on any atom is -0.369 e. The summed E-state index contributed by atoms with van der Waals surface area (Å²) < 4.78 is 5.24. The number of hydrogen-bond donors (Lipinski definition) is 1. The van der Waals surface area contributed by atoms with Crippen LogP contribution in [-0.2, 0) is 20.9 Å². The van der Waals surface area contributed by atoms with Gasteiger partial charge < -0.3 is 15.0 Å². The van der Waals surface area contributed by atoms with E-state index in [-0.39, 0.29) is 25.0 Å². The Morgan fingerprint density at radius 2 is 2.45 bits per heavy atom. The van der Waals surface area contributed by atoms with Crippen LogP contribution < -0.4 is 5.32 Å². The summed E-state index contributed by atoms with van der Waals surface area (Å²) in [6.45, 7) is 2.57. The van der Waals surface area contributed by atoms with Crippen LogP contribution in [0.2, 0.25) is 0 Å². The first kappa shape index (κ1) is 15.1. The van der Waals surface area contributed by atoms with Gasteiger partial charge in [-0.1, -0.05) is 6.07 Å². The number of nitrogens with one attached hydrogen (secondary N) is 1. The van der Waals surface area contributed by atoms with E-state index < -0.39 is 6.04 Å². The fourth-order valence-electron chi connectivity index (χ4n) is 2.19. The van der Waals surface area contributed by atoms with Crippen LogP contribution in [0.3, 0.4) is 0 Å². The number of thiazole rings is 1. The van der Waals surface area contributed by atoms with Crippen LogP contribution in [0.4, 0.5) is 5.13 Å². The normalized spacial score (nSPS) is 18.5. The van der Waals surface area contributed by atoms with E-state index in [0.29, 0.717) is 11.7 Å². The number of carbonyl (C=O) groups is 2. The lowest BCUT2D eigenvalue weighted by molar-refractivity contribution is -0.153. The van der Waals surface area contributed by atoms with Crippen LogP contribution >= 0.6 is 22.7 Å². The van der Waals surface area contributed by atoms with Crippen LogP contribution in [0, 0.1) is 6.92 Å². The smallest absolute Gasteiger partial charge is 0.251 e. The Kier molecular flexibility index (Phi) is 4.51. The molecule has 0 saturated carbocycles. The van der Waals surface area contributed by atoms with E-state index in [1.165, 1.54) is 11.3 Å². The number of aromatic nitrogens is 1. The molecule has 6 nitrogen and oxygen atoms in total. The van der Waals surface area contributed by atoms with Gasteiger partial charge in [0, 0.05) is 16.0 Å². The zero-order valence-corrected chi connectivity index (χ0v) is 13.6. The SMILES string of the molecule is Cc1cnc(NC(=O)C2COCC(=O)N2Cc2cccs2)s1. The lowest BCUT2D eigenvalue weighted by atomic mass is 10.2. The predicted octanol–water partition coefficient (Wildman–Crippen LogP) is 1.88. The van der Waals surface area contributed by atoms with E-state index in [9.17, 15) is 9.59 Å². The molecule has 0 radical (unpaired) electrons. The third-order valence-corrected chi connectivity index (χ3v) is 4.95. The maximum atomic E-state index is 12.4. The van der Waals surface area contributed by atoms with Crippen molar-refractivity contribution < 1.29 is 14.3 Å². The second-order valence-electron chi connectivity index (χ2n) is 4.90. The summed E-state index contributed by atoms with van der Waals surface area (Å²) in [5.41, 5.74) is 0. The van der Waals surface area contributed by atoms with Crippen molar-refractivity contribution in [1.29, 1.82) is 0 Å². The number of aryl methyl sites for hydroxylation is 1. The summed E-state index contributed by atoms with van der Waals surface area (Å²) in [5.74, 6) is -0.436. The number of thiophene rings is 1. The van der Waals surface area contributed by atoms with Gasteiger partial charge in [-0.15, -0.1) is 22.7 Å². The van der Waals surface area contributed by atoms with Gasteiger partial charge in [0.05, 0.1) is 13.2 Å². The molecule has 0 aliphatic carbocycles. The highest BCUT2D eigenvalue weighted by molar-refractivity contribution is 7.15. The zero-order chi connectivity index (χ0) is 15.5. The minimum atomic E-state index is -0.632. The molecule has 1 fully saturated rings. The van der Waals surface area contributed by atoms with E-state index >= 15 is 0 Å². The summed E-state index contributed by atoms with van der Waals surface area (Å²) in [7, 11) is 0. The Balaban J connectivity index is 1.73. The standard InChI is InChI=1S/C14H15N3O3S2/c1-9-5-15-14(22-9)16-13(19)11-7-20-8-12(18)17(11)6-10-3-2-4-21-10/h2-5,11H,6-8H2,1H3,(H,15,16,19). The van der Waals surface area contributed by atoms with Crippen molar-refractivity contribution in [1.82, 2.24) is 9.88 Å². The number of ether oxygens (including phenoxy) is 1. The molecule has 116 valence electrons. The molecule has 1 unspecified atom stereocenters. The molecule has 2 aromatic rings. The van der Waals surface area contributed by atoms with Crippen molar-refractivity contribution in [2.24, 2.45) is 0 Å². The molecule has 8 heteroatoms. The topological polar surface area (TPSA) is 71.5 Å². The average molecular weight is 337 g/mol. The first-order chi connectivity index (χ1) is 10.6. The van der Waals surface area contributed by atoms with Crippen molar-refractivity contribution in [3.63, 3.8) is 0 Å². The van der Waals surface area contributed by atoms with Gasteiger partial charge in [-0.3, -0.25) is 9.59 Å². The molecule has 1 aliphatic heterocycles. The molecule has 0 spiro atoms. The van der Waals surface area contributed by atoms with E-state index in [1.807, 2.05) is 24.4 Å². The van der Waals surface area contributed by atoms with Crippen molar-refractivity contribution in [2.45, 2.75) is 19.5 Å². The molecule has 0 aromatic carbocycles. The molecule has 1 aliphatic rings. The second-order valence-corrected chi connectivity index (χ2v) is 7.16. The minimum absolute atomic E-state index is 0.0194. The number of carbonyl (C=O) groups excluding carboxylic acids is 2. The molecule has 3 rings (SSSR count). The van der Waals surface area contributed by atoms with Crippen LogP contribution in [-0.4, -0.2) is 41.0 Å². The van der Waals surface area contributed by atoms with E-state index in [1.54, 1.807) is 22.4 Å². The van der Waals surface area contributed by atoms with Gasteiger partial charge in [-0.05, 0) is 18.4 Å². The van der Waals surface area contributed by atoms with Crippen molar-refractivity contribution >= 4 is 39.6 Å². The number of morpholine rings is 1. The van der Waals surface area contributed by atoms with E-state index in [0.717, 1.165) is 9.75 Å². The molecule has 2 amide bonds. The second kappa shape index (κ2) is 6.55. The van der Waals surface area contributed by atoms with E-state index in [2.05, 4.69) is 10.3 Å². The monoisotopic (exact) mass is 337 g/mol. The Labute approximate surface area is 135 Å². The van der Waals surface area contributed by atoms with Crippen LogP contribution in [0.5, 0.6) is 0 Å². The van der Waals surface area contributed by atoms with Gasteiger partial charge >= 0.3 is 0 Å². The Morgan fingerprint density at radius 3 is 3.14 bits per heavy atom. The van der Waals surface area contributed by atoms with Gasteiger partial charge in [0.15, 0.2) is 5.13 Å². The van der Waals surface area contributed by atoms with Crippen LogP contribution in [0.1, 0.15) is 9.75 Å². The summed E-state index contributed by atoms with van der Waals surface area (Å²) in [4.78, 5) is 32.3. The molecule has 3 heterocycles. The quantitative estimate of drug-likeness (QED) is 0.925. The van der Waals surface area contributed by atoms with Gasteiger partial charge in [0.1, 0.15) is 12.6 Å². The highest BCUT2D eigenvalue weighted by atomic mass is 32.1. The summed E-state index contributed by atoms with van der Waals surface area (Å²) in [6, 6.07) is 3.25. The molecular formula is C14H15N3O3S2. The first-order valence-corrected chi connectivity index (χ1v) is 8.46. The highest BCUT2D eigenvalue weighted by Gasteiger charge is 2.34. The van der Waals surface area contributed by atoms with Crippen molar-refractivity contribution in [3.8, 4) is 0 Å². The molecule has 22 heavy (non-hydrogen) atoms. The fraction of sp³-hybridized carbons (Fsp3) is 0.357. The largest absolute Gasteiger partial charge is 0.369 e. The number of hydrogen-bond acceptors (Lipinski definition) is 6. The van der Waals surface area contributed by atoms with Crippen LogP contribution in [0.15, 0.2) is 23.7 Å². The van der Waals surface area contributed by atoms with Gasteiger partial charge in [-0.25, -0.2) is 4.98 Å². The predicted molar refractivity (Wildman–Crippen MR) is 85.0 cm³/mol. The lowest BCUT2D eigenvalue weighted by Gasteiger charge is -2.33. The molecule has 1 saturated heterocycles. The lowest BCUT2D eigenvalue weighted by Crippen LogP contribution is -2.54. The third-order valence-electron chi connectivity index (χ3n) is 3.26. The maximum Gasteiger partial charge on any atom is 0.251 e. The fourth-order valence-corrected chi connectivity index (χ4v) is 3.56. The van der Waals surface area contributed by atoms with E-state index in [4.69, 9.17) is 4.74 Å². The van der Waals surface area contributed by atoms with Crippen molar-refractivity contribution in [3.05, 3.63) is 33.5 Å². The van der Waals surface area contributed by atoms with Crippen LogP contribution in [0.25, 0.3) is 0 Å². The summed E-state index contributed by atoms with van der Waals surface area (Å²) in [5, 5.41) is 5.25. The highest BCUT2D eigenvalue weighted by Crippen LogP contribution is 2.20. The number of amides is 2. The van der Waals surface area contributed by atoms with Crippen molar-refractivity contribution in [2.75, 3.05) is 18.5 Å². The third kappa shape index (κ3) is 3.34. The number of anilines is 1. The number of rotatable bonds is 4. The molecule has 1 N–H and O–H groups in total. The summed E-state index contributed by atoms with van der Waals surface area (Å²) >= 11 is 2.97. The summed E-state index contributed by atoms with van der Waals surface area (Å²) in [6.07, 6.45) is 1.70. The van der Waals surface area contributed by atoms with Gasteiger partial charge in [-0.2, -0.15) is 0 Å². The number of nitrogens with zero attached hydrogens (tertiary/aromatic N) is 2. The zero-order valence-electron chi connectivity index (χ0n) is 11.9. The molecule has 1 atom stereocenters. The maximum absolute atomic E-state index is 12.4. The Morgan fingerprint density at radius 1 is 1.59 bits per heavy atom. The Bertz CT molecular complexity index is 669. The van der Waals surface area contributed by atoms with Gasteiger partial charge in [0.2, 0.25) is 5.91 Å². The average Bonchev–Trinajstić information content (AvgIpc) is 3.13. The Hall–Kier alpha value is -1.77. The molecular weight excluding hydrogens is 322 g/mol. The molecule has 2 aromatic heterocycles. The van der Waals surface area contributed by atoms with Gasteiger partial charge in [0.25, 0.3) is 5.91 Å². The molecule has 0 bridgehead atoms.